The fourth-order valence-electron chi connectivity index (χ4n) is 3.35. The van der Waals surface area contributed by atoms with Crippen LogP contribution in [-0.4, -0.2) is 24.9 Å². The van der Waals surface area contributed by atoms with Crippen LogP contribution in [0.15, 0.2) is 42.5 Å². The predicted molar refractivity (Wildman–Crippen MR) is 94.2 cm³/mol. The topological polar surface area (TPSA) is 40.6 Å². The first-order valence-corrected chi connectivity index (χ1v) is 8.73. The van der Waals surface area contributed by atoms with Gasteiger partial charge < -0.3 is 9.80 Å². The third-order valence-electron chi connectivity index (χ3n) is 4.83. The Morgan fingerprint density at radius 3 is 2.23 bits per heavy atom. The standard InChI is InChI=1S/C20H18F2N2O2/c21-14-8-9-15(16(22)12-14)20(26)24-11-3-10-23(19(25)13-6-7-13)17-4-1-2-5-18(17)24/h1-2,4-5,8-9,12-13H,3,6-7,10-11H2. The molecule has 0 unspecified atom stereocenters. The van der Waals surface area contributed by atoms with E-state index in [-0.39, 0.29) is 17.4 Å². The maximum Gasteiger partial charge on any atom is 0.261 e. The summed E-state index contributed by atoms with van der Waals surface area (Å²) in [5.74, 6) is -1.99. The Labute approximate surface area is 150 Å². The smallest absolute Gasteiger partial charge is 0.261 e. The molecule has 2 amide bonds. The number of benzene rings is 2. The second-order valence-corrected chi connectivity index (χ2v) is 6.69. The van der Waals surface area contributed by atoms with Crippen molar-refractivity contribution in [1.82, 2.24) is 0 Å². The van der Waals surface area contributed by atoms with Gasteiger partial charge in [-0.1, -0.05) is 12.1 Å². The third kappa shape index (κ3) is 2.96. The fraction of sp³-hybridized carbons (Fsp3) is 0.300. The molecule has 2 aromatic rings. The molecule has 0 bridgehead atoms. The lowest BCUT2D eigenvalue weighted by molar-refractivity contribution is -0.119. The van der Waals surface area contributed by atoms with E-state index in [1.54, 1.807) is 17.0 Å². The molecule has 1 aliphatic carbocycles. The molecule has 1 saturated carbocycles. The van der Waals surface area contributed by atoms with E-state index in [2.05, 4.69) is 0 Å². The number of carbonyl (C=O) groups excluding carboxylic acids is 2. The van der Waals surface area contributed by atoms with Gasteiger partial charge in [-0.3, -0.25) is 9.59 Å². The first kappa shape index (κ1) is 16.7. The Morgan fingerprint density at radius 2 is 1.58 bits per heavy atom. The molecule has 0 aromatic heterocycles. The quantitative estimate of drug-likeness (QED) is 0.822. The highest BCUT2D eigenvalue weighted by Gasteiger charge is 2.36. The van der Waals surface area contributed by atoms with Gasteiger partial charge in [-0.05, 0) is 43.5 Å². The lowest BCUT2D eigenvalue weighted by Crippen LogP contribution is -2.32. The van der Waals surface area contributed by atoms with Crippen molar-refractivity contribution in [2.24, 2.45) is 5.92 Å². The largest absolute Gasteiger partial charge is 0.310 e. The Kier molecular flexibility index (Phi) is 4.18. The Hall–Kier alpha value is -2.76. The van der Waals surface area contributed by atoms with Crippen molar-refractivity contribution in [2.45, 2.75) is 19.3 Å². The van der Waals surface area contributed by atoms with Crippen molar-refractivity contribution in [3.05, 3.63) is 59.7 Å². The van der Waals surface area contributed by atoms with E-state index in [0.717, 1.165) is 25.0 Å². The average molecular weight is 356 g/mol. The molecule has 6 heteroatoms. The number of amides is 2. The van der Waals surface area contributed by atoms with Gasteiger partial charge in [-0.15, -0.1) is 0 Å². The summed E-state index contributed by atoms with van der Waals surface area (Å²) < 4.78 is 27.3. The van der Waals surface area contributed by atoms with Crippen molar-refractivity contribution >= 4 is 23.2 Å². The van der Waals surface area contributed by atoms with E-state index in [1.165, 1.54) is 4.90 Å². The summed E-state index contributed by atoms with van der Waals surface area (Å²) in [6, 6.07) is 10.1. The van der Waals surface area contributed by atoms with E-state index < -0.39 is 17.5 Å². The van der Waals surface area contributed by atoms with Gasteiger partial charge in [0.1, 0.15) is 11.6 Å². The van der Waals surface area contributed by atoms with Crippen LogP contribution in [-0.2, 0) is 4.79 Å². The molecular weight excluding hydrogens is 338 g/mol. The highest BCUT2D eigenvalue weighted by atomic mass is 19.1. The van der Waals surface area contributed by atoms with Gasteiger partial charge in [-0.25, -0.2) is 8.78 Å². The summed E-state index contributed by atoms with van der Waals surface area (Å²) in [6.07, 6.45) is 2.39. The first-order valence-electron chi connectivity index (χ1n) is 8.73. The summed E-state index contributed by atoms with van der Waals surface area (Å²) in [7, 11) is 0. The maximum atomic E-state index is 14.1. The zero-order chi connectivity index (χ0) is 18.3. The average Bonchev–Trinajstić information content (AvgIpc) is 3.47. The lowest BCUT2D eigenvalue weighted by Gasteiger charge is -2.25. The second kappa shape index (κ2) is 6.52. The van der Waals surface area contributed by atoms with Crippen LogP contribution in [0, 0.1) is 17.6 Å². The lowest BCUT2D eigenvalue weighted by atomic mass is 10.1. The van der Waals surface area contributed by atoms with Crippen LogP contribution < -0.4 is 9.80 Å². The minimum atomic E-state index is -0.886. The van der Waals surface area contributed by atoms with Crippen LogP contribution in [0.5, 0.6) is 0 Å². The zero-order valence-corrected chi connectivity index (χ0v) is 14.1. The van der Waals surface area contributed by atoms with E-state index in [0.29, 0.717) is 37.0 Å². The Morgan fingerprint density at radius 1 is 0.923 bits per heavy atom. The number of hydrogen-bond donors (Lipinski definition) is 0. The molecule has 2 aliphatic rings. The molecular formula is C20H18F2N2O2. The van der Waals surface area contributed by atoms with Crippen LogP contribution in [0.25, 0.3) is 0 Å². The number of halogens is 2. The molecule has 0 radical (unpaired) electrons. The summed E-state index contributed by atoms with van der Waals surface area (Å²) >= 11 is 0. The number of nitrogens with zero attached hydrogens (tertiary/aromatic N) is 2. The van der Waals surface area contributed by atoms with Crippen LogP contribution in [0.1, 0.15) is 29.6 Å². The summed E-state index contributed by atoms with van der Waals surface area (Å²) in [4.78, 5) is 28.8. The molecule has 0 spiro atoms. The van der Waals surface area contributed by atoms with E-state index in [1.807, 2.05) is 12.1 Å². The highest BCUT2D eigenvalue weighted by molar-refractivity contribution is 6.10. The van der Waals surface area contributed by atoms with Crippen LogP contribution >= 0.6 is 0 Å². The molecule has 4 rings (SSSR count). The molecule has 0 N–H and O–H groups in total. The molecule has 0 saturated heterocycles. The molecule has 1 heterocycles. The number of rotatable bonds is 2. The summed E-state index contributed by atoms with van der Waals surface area (Å²) in [6.45, 7) is 0.878. The Balaban J connectivity index is 1.73. The van der Waals surface area contributed by atoms with Gasteiger partial charge in [0.2, 0.25) is 5.91 Å². The molecule has 0 atom stereocenters. The van der Waals surface area contributed by atoms with Crippen molar-refractivity contribution in [1.29, 1.82) is 0 Å². The fourth-order valence-corrected chi connectivity index (χ4v) is 3.35. The molecule has 26 heavy (non-hydrogen) atoms. The molecule has 2 aromatic carbocycles. The van der Waals surface area contributed by atoms with Gasteiger partial charge in [-0.2, -0.15) is 0 Å². The number of anilines is 2. The highest BCUT2D eigenvalue weighted by Crippen LogP contribution is 2.38. The molecule has 1 fully saturated rings. The van der Waals surface area contributed by atoms with Crippen molar-refractivity contribution in [3.63, 3.8) is 0 Å². The minimum absolute atomic E-state index is 0.0693. The molecule has 4 nitrogen and oxygen atoms in total. The van der Waals surface area contributed by atoms with Crippen LogP contribution in [0.2, 0.25) is 0 Å². The molecule has 1 aliphatic heterocycles. The SMILES string of the molecule is O=C(c1ccc(F)cc1F)N1CCCN(C(=O)C2CC2)c2ccccc21. The van der Waals surface area contributed by atoms with Gasteiger partial charge in [0.15, 0.2) is 0 Å². The monoisotopic (exact) mass is 356 g/mol. The maximum absolute atomic E-state index is 14.1. The zero-order valence-electron chi connectivity index (χ0n) is 14.1. The van der Waals surface area contributed by atoms with Gasteiger partial charge in [0.05, 0.1) is 16.9 Å². The number of para-hydroxylation sites is 2. The summed E-state index contributed by atoms with van der Waals surface area (Å²) in [5.41, 5.74) is 1.06. The van der Waals surface area contributed by atoms with Gasteiger partial charge in [0.25, 0.3) is 5.91 Å². The second-order valence-electron chi connectivity index (χ2n) is 6.69. The van der Waals surface area contributed by atoms with E-state index in [4.69, 9.17) is 0 Å². The Bertz CT molecular complexity index is 880. The van der Waals surface area contributed by atoms with E-state index >= 15 is 0 Å². The van der Waals surface area contributed by atoms with Gasteiger partial charge in [0, 0.05) is 25.1 Å². The van der Waals surface area contributed by atoms with Crippen molar-refractivity contribution in [3.8, 4) is 0 Å². The third-order valence-corrected chi connectivity index (χ3v) is 4.83. The summed E-state index contributed by atoms with van der Waals surface area (Å²) in [5, 5.41) is 0. The number of fused-ring (bicyclic) bond motifs is 1. The number of hydrogen-bond acceptors (Lipinski definition) is 2. The van der Waals surface area contributed by atoms with Crippen LogP contribution in [0.4, 0.5) is 20.2 Å². The van der Waals surface area contributed by atoms with Crippen LogP contribution in [0.3, 0.4) is 0 Å². The van der Waals surface area contributed by atoms with E-state index in [9.17, 15) is 18.4 Å². The van der Waals surface area contributed by atoms with Crippen molar-refractivity contribution in [2.75, 3.05) is 22.9 Å². The number of carbonyl (C=O) groups is 2. The predicted octanol–water partition coefficient (Wildman–Crippen LogP) is 3.76. The van der Waals surface area contributed by atoms with Crippen molar-refractivity contribution < 1.29 is 18.4 Å². The normalized spacial score (nSPS) is 16.8. The minimum Gasteiger partial charge on any atom is -0.310 e. The molecule has 134 valence electrons. The van der Waals surface area contributed by atoms with Gasteiger partial charge >= 0.3 is 0 Å². The first-order chi connectivity index (χ1) is 12.6.